The molecular formula is C14H8ClF2NOS. The van der Waals surface area contributed by atoms with Crippen LogP contribution in [0.3, 0.4) is 0 Å². The van der Waals surface area contributed by atoms with E-state index in [2.05, 4.69) is 0 Å². The van der Waals surface area contributed by atoms with Gasteiger partial charge in [-0.05, 0) is 30.3 Å². The molecule has 0 aliphatic rings. The molecule has 0 heterocycles. The lowest BCUT2D eigenvalue weighted by Gasteiger charge is -2.05. The highest BCUT2D eigenvalue weighted by molar-refractivity contribution is 7.84. The predicted octanol–water partition coefficient (Wildman–Crippen LogP) is 3.80. The van der Waals surface area contributed by atoms with Gasteiger partial charge in [0.2, 0.25) is 0 Å². The Morgan fingerprint density at radius 1 is 1.15 bits per heavy atom. The molecule has 2 rings (SSSR count). The van der Waals surface area contributed by atoms with Crippen molar-refractivity contribution in [1.82, 2.24) is 0 Å². The molecule has 0 radical (unpaired) electrons. The van der Waals surface area contributed by atoms with Gasteiger partial charge in [-0.1, -0.05) is 17.7 Å². The molecule has 0 saturated carbocycles. The summed E-state index contributed by atoms with van der Waals surface area (Å²) in [7, 11) is -1.55. The van der Waals surface area contributed by atoms with Crippen molar-refractivity contribution >= 4 is 22.4 Å². The van der Waals surface area contributed by atoms with Crippen LogP contribution in [0.15, 0.2) is 41.3 Å². The van der Waals surface area contributed by atoms with Crippen LogP contribution in [0.5, 0.6) is 0 Å². The van der Waals surface area contributed by atoms with Gasteiger partial charge in [-0.15, -0.1) is 0 Å². The molecule has 0 aliphatic carbocycles. The Kier molecular flexibility index (Phi) is 4.48. The van der Waals surface area contributed by atoms with Crippen LogP contribution in [0.2, 0.25) is 5.02 Å². The van der Waals surface area contributed by atoms with Crippen LogP contribution in [0, 0.1) is 23.0 Å². The zero-order chi connectivity index (χ0) is 14.7. The first-order valence-electron chi connectivity index (χ1n) is 5.53. The summed E-state index contributed by atoms with van der Waals surface area (Å²) in [5.74, 6) is -1.26. The summed E-state index contributed by atoms with van der Waals surface area (Å²) in [6.45, 7) is 0. The molecule has 0 bridgehead atoms. The molecule has 102 valence electrons. The first kappa shape index (κ1) is 14.6. The number of rotatable bonds is 3. The summed E-state index contributed by atoms with van der Waals surface area (Å²) < 4.78 is 38.8. The van der Waals surface area contributed by atoms with E-state index in [1.54, 1.807) is 0 Å². The molecule has 0 N–H and O–H groups in total. The van der Waals surface area contributed by atoms with E-state index >= 15 is 0 Å². The molecule has 6 heteroatoms. The van der Waals surface area contributed by atoms with Gasteiger partial charge in [-0.3, -0.25) is 4.21 Å². The monoisotopic (exact) mass is 311 g/mol. The van der Waals surface area contributed by atoms with Crippen molar-refractivity contribution in [2.24, 2.45) is 0 Å². The third kappa shape index (κ3) is 3.21. The number of benzene rings is 2. The van der Waals surface area contributed by atoms with E-state index in [-0.39, 0.29) is 21.9 Å². The first-order chi connectivity index (χ1) is 9.51. The number of hydrogen-bond acceptors (Lipinski definition) is 2. The topological polar surface area (TPSA) is 40.9 Å². The number of nitrogens with zero attached hydrogens (tertiary/aromatic N) is 1. The van der Waals surface area contributed by atoms with Crippen LogP contribution in [0.4, 0.5) is 8.78 Å². The van der Waals surface area contributed by atoms with Crippen molar-refractivity contribution in [2.75, 3.05) is 0 Å². The summed E-state index contributed by atoms with van der Waals surface area (Å²) in [6, 6.07) is 9.49. The Bertz CT molecular complexity index is 728. The average Bonchev–Trinajstić information content (AvgIpc) is 2.43. The van der Waals surface area contributed by atoms with E-state index in [0.717, 1.165) is 12.1 Å². The Morgan fingerprint density at radius 2 is 1.90 bits per heavy atom. The van der Waals surface area contributed by atoms with Gasteiger partial charge in [0, 0.05) is 10.5 Å². The molecule has 0 spiro atoms. The highest BCUT2D eigenvalue weighted by Gasteiger charge is 2.11. The van der Waals surface area contributed by atoms with Crippen molar-refractivity contribution in [3.05, 3.63) is 64.2 Å². The molecule has 0 saturated heterocycles. The van der Waals surface area contributed by atoms with Gasteiger partial charge in [0.1, 0.15) is 11.6 Å². The molecule has 0 aromatic heterocycles. The molecule has 2 nitrogen and oxygen atoms in total. The van der Waals surface area contributed by atoms with Gasteiger partial charge in [0.15, 0.2) is 0 Å². The molecule has 0 fully saturated rings. The van der Waals surface area contributed by atoms with E-state index in [9.17, 15) is 13.0 Å². The summed E-state index contributed by atoms with van der Waals surface area (Å²) in [4.78, 5) is 0.320. The summed E-state index contributed by atoms with van der Waals surface area (Å²) in [6.07, 6.45) is 0. The number of nitriles is 1. The lowest BCUT2D eigenvalue weighted by molar-refractivity contribution is 0.614. The van der Waals surface area contributed by atoms with Crippen molar-refractivity contribution in [3.8, 4) is 6.07 Å². The fraction of sp³-hybridized carbons (Fsp3) is 0.0714. The average molecular weight is 312 g/mol. The van der Waals surface area contributed by atoms with Crippen molar-refractivity contribution in [2.45, 2.75) is 10.6 Å². The minimum Gasteiger partial charge on any atom is -0.254 e. The molecule has 0 amide bonds. The molecule has 1 unspecified atom stereocenters. The van der Waals surface area contributed by atoms with Gasteiger partial charge < -0.3 is 0 Å². The fourth-order valence-corrected chi connectivity index (χ4v) is 2.97. The van der Waals surface area contributed by atoms with Crippen molar-refractivity contribution in [3.63, 3.8) is 0 Å². The third-order valence-corrected chi connectivity index (χ3v) is 4.27. The van der Waals surface area contributed by atoms with Crippen LogP contribution < -0.4 is 0 Å². The molecule has 0 aliphatic heterocycles. The van der Waals surface area contributed by atoms with E-state index < -0.39 is 22.4 Å². The fourth-order valence-electron chi connectivity index (χ4n) is 1.58. The Hall–Kier alpha value is -1.77. The number of hydrogen-bond donors (Lipinski definition) is 0. The van der Waals surface area contributed by atoms with E-state index in [1.807, 2.05) is 6.07 Å². The molecule has 2 aromatic rings. The Morgan fingerprint density at radius 3 is 2.50 bits per heavy atom. The zero-order valence-electron chi connectivity index (χ0n) is 10.1. The zero-order valence-corrected chi connectivity index (χ0v) is 11.6. The quantitative estimate of drug-likeness (QED) is 0.865. The lowest BCUT2D eigenvalue weighted by Crippen LogP contribution is -2.00. The van der Waals surface area contributed by atoms with Crippen molar-refractivity contribution in [1.29, 1.82) is 5.26 Å². The second-order valence-electron chi connectivity index (χ2n) is 3.98. The maximum Gasteiger partial charge on any atom is 0.141 e. The van der Waals surface area contributed by atoms with Crippen LogP contribution in [0.1, 0.15) is 11.1 Å². The van der Waals surface area contributed by atoms with Gasteiger partial charge in [0.25, 0.3) is 0 Å². The van der Waals surface area contributed by atoms with Crippen molar-refractivity contribution < 1.29 is 13.0 Å². The first-order valence-corrected chi connectivity index (χ1v) is 7.23. The van der Waals surface area contributed by atoms with Gasteiger partial charge in [-0.2, -0.15) is 5.26 Å². The SMILES string of the molecule is N#Cc1ccc(CS(=O)c2ccc(F)c(Cl)c2)c(F)c1. The molecular weight excluding hydrogens is 304 g/mol. The van der Waals surface area contributed by atoms with Crippen LogP contribution in [-0.2, 0) is 16.6 Å². The van der Waals surface area contributed by atoms with Gasteiger partial charge in [0.05, 0.1) is 33.2 Å². The predicted molar refractivity (Wildman–Crippen MR) is 72.6 cm³/mol. The van der Waals surface area contributed by atoms with E-state index in [1.165, 1.54) is 24.3 Å². The summed E-state index contributed by atoms with van der Waals surface area (Å²) in [5.41, 5.74) is 0.421. The Labute approximate surface area is 122 Å². The van der Waals surface area contributed by atoms with Crippen LogP contribution in [0.25, 0.3) is 0 Å². The largest absolute Gasteiger partial charge is 0.254 e. The standard InChI is InChI=1S/C14H8ClF2NOS/c15-12-6-11(3-4-13(12)16)20(19)8-10-2-1-9(7-18)5-14(10)17/h1-6H,8H2. The van der Waals surface area contributed by atoms with E-state index in [0.29, 0.717) is 4.90 Å². The van der Waals surface area contributed by atoms with E-state index in [4.69, 9.17) is 16.9 Å². The molecule has 20 heavy (non-hydrogen) atoms. The maximum atomic E-state index is 13.7. The van der Waals surface area contributed by atoms with Gasteiger partial charge in [-0.25, -0.2) is 8.78 Å². The second-order valence-corrected chi connectivity index (χ2v) is 5.84. The molecule has 2 aromatic carbocycles. The highest BCUT2D eigenvalue weighted by Crippen LogP contribution is 2.21. The minimum atomic E-state index is -1.55. The van der Waals surface area contributed by atoms with Crippen LogP contribution >= 0.6 is 11.6 Å². The normalized spacial score (nSPS) is 11.9. The Balaban J connectivity index is 2.23. The highest BCUT2D eigenvalue weighted by atomic mass is 35.5. The number of halogens is 3. The minimum absolute atomic E-state index is 0.0699. The third-order valence-electron chi connectivity index (χ3n) is 2.62. The second kappa shape index (κ2) is 6.12. The summed E-state index contributed by atoms with van der Waals surface area (Å²) in [5, 5.41) is 8.51. The van der Waals surface area contributed by atoms with Crippen LogP contribution in [-0.4, -0.2) is 4.21 Å². The maximum absolute atomic E-state index is 13.7. The van der Waals surface area contributed by atoms with Gasteiger partial charge >= 0.3 is 0 Å². The molecule has 1 atom stereocenters. The summed E-state index contributed by atoms with van der Waals surface area (Å²) >= 11 is 5.61. The lowest BCUT2D eigenvalue weighted by atomic mass is 10.1. The smallest absolute Gasteiger partial charge is 0.141 e.